The molecule has 1 amide bonds. The summed E-state index contributed by atoms with van der Waals surface area (Å²) in [6.45, 7) is 9.91. The van der Waals surface area contributed by atoms with Crippen LogP contribution in [0.15, 0.2) is 0 Å². The fourth-order valence-corrected chi connectivity index (χ4v) is 1.71. The molecule has 0 aliphatic carbocycles. The normalized spacial score (nSPS) is 13.5. The first kappa shape index (κ1) is 17.2. The van der Waals surface area contributed by atoms with Gasteiger partial charge < -0.3 is 20.7 Å². The molecule has 0 aromatic carbocycles. The molecule has 0 bridgehead atoms. The van der Waals surface area contributed by atoms with Gasteiger partial charge in [0.2, 0.25) is 0 Å². The molecule has 0 aromatic heterocycles. The lowest BCUT2D eigenvalue weighted by molar-refractivity contribution is 0.0523. The molecule has 18 heavy (non-hydrogen) atoms. The number of hydrogen-bond donors (Lipinski definition) is 2. The van der Waals surface area contributed by atoms with Crippen LogP contribution in [0, 0.1) is 0 Å². The van der Waals surface area contributed by atoms with E-state index in [1.807, 2.05) is 20.8 Å². The van der Waals surface area contributed by atoms with E-state index in [1.54, 1.807) is 0 Å². The second-order valence-corrected chi connectivity index (χ2v) is 5.59. The zero-order chi connectivity index (χ0) is 14.2. The Balaban J connectivity index is 3.90. The summed E-state index contributed by atoms with van der Waals surface area (Å²) in [5.74, 6) is 0. The van der Waals surface area contributed by atoms with Gasteiger partial charge in [0, 0.05) is 19.1 Å². The maximum absolute atomic E-state index is 11.4. The van der Waals surface area contributed by atoms with Crippen molar-refractivity contribution in [2.75, 3.05) is 26.7 Å². The van der Waals surface area contributed by atoms with Crippen molar-refractivity contribution in [1.29, 1.82) is 0 Å². The SMILES string of the molecule is CCCN(C)C(CN)CCNC(=O)OC(C)(C)C. The van der Waals surface area contributed by atoms with Gasteiger partial charge >= 0.3 is 6.09 Å². The predicted octanol–water partition coefficient (Wildman–Crippen LogP) is 1.57. The Bertz CT molecular complexity index is 239. The molecule has 1 atom stereocenters. The lowest BCUT2D eigenvalue weighted by Crippen LogP contribution is -2.41. The molecule has 0 radical (unpaired) electrons. The number of likely N-dealkylation sites (N-methyl/N-ethyl adjacent to an activating group) is 1. The Kier molecular flexibility index (Phi) is 7.95. The highest BCUT2D eigenvalue weighted by atomic mass is 16.6. The predicted molar refractivity (Wildman–Crippen MR) is 74.6 cm³/mol. The third kappa shape index (κ3) is 8.31. The van der Waals surface area contributed by atoms with E-state index in [-0.39, 0.29) is 6.09 Å². The van der Waals surface area contributed by atoms with Crippen molar-refractivity contribution < 1.29 is 9.53 Å². The number of hydrogen-bond acceptors (Lipinski definition) is 4. The van der Waals surface area contributed by atoms with E-state index in [0.717, 1.165) is 19.4 Å². The van der Waals surface area contributed by atoms with Crippen LogP contribution in [0.1, 0.15) is 40.5 Å². The van der Waals surface area contributed by atoms with Crippen molar-refractivity contribution in [1.82, 2.24) is 10.2 Å². The van der Waals surface area contributed by atoms with E-state index in [4.69, 9.17) is 10.5 Å². The largest absolute Gasteiger partial charge is 0.444 e. The Morgan fingerprint density at radius 3 is 2.50 bits per heavy atom. The Labute approximate surface area is 111 Å². The lowest BCUT2D eigenvalue weighted by Gasteiger charge is -2.27. The summed E-state index contributed by atoms with van der Waals surface area (Å²) in [5.41, 5.74) is 5.29. The van der Waals surface area contributed by atoms with Gasteiger partial charge in [-0.2, -0.15) is 0 Å². The van der Waals surface area contributed by atoms with Crippen LogP contribution in [0.3, 0.4) is 0 Å². The van der Waals surface area contributed by atoms with Crippen LogP contribution < -0.4 is 11.1 Å². The number of carbonyl (C=O) groups excluding carboxylic acids is 1. The van der Waals surface area contributed by atoms with Crippen molar-refractivity contribution in [2.24, 2.45) is 5.73 Å². The summed E-state index contributed by atoms with van der Waals surface area (Å²) >= 11 is 0. The Hall–Kier alpha value is -0.810. The van der Waals surface area contributed by atoms with Crippen LogP contribution in [0.25, 0.3) is 0 Å². The lowest BCUT2D eigenvalue weighted by atomic mass is 10.1. The van der Waals surface area contributed by atoms with Crippen LogP contribution in [0.5, 0.6) is 0 Å². The molecule has 0 fully saturated rings. The van der Waals surface area contributed by atoms with Gasteiger partial charge in [0.15, 0.2) is 0 Å². The minimum atomic E-state index is -0.448. The molecule has 0 rings (SSSR count). The summed E-state index contributed by atoms with van der Waals surface area (Å²) in [7, 11) is 2.06. The summed E-state index contributed by atoms with van der Waals surface area (Å²) in [6, 6.07) is 0.305. The molecule has 0 aromatic rings. The van der Waals surface area contributed by atoms with Crippen LogP contribution in [-0.4, -0.2) is 49.3 Å². The molecule has 1 unspecified atom stereocenters. The highest BCUT2D eigenvalue weighted by Gasteiger charge is 2.17. The fraction of sp³-hybridized carbons (Fsp3) is 0.923. The first-order chi connectivity index (χ1) is 8.30. The molecule has 0 aliphatic rings. The number of nitrogens with zero attached hydrogens (tertiary/aromatic N) is 1. The number of carbonyl (C=O) groups is 1. The molecule has 5 heteroatoms. The van der Waals surface area contributed by atoms with Crippen molar-refractivity contribution in [3.8, 4) is 0 Å². The molecule has 0 spiro atoms. The van der Waals surface area contributed by atoms with Gasteiger partial charge in [0.05, 0.1) is 0 Å². The summed E-state index contributed by atoms with van der Waals surface area (Å²) in [5, 5.41) is 2.76. The number of amides is 1. The second kappa shape index (κ2) is 8.32. The zero-order valence-electron chi connectivity index (χ0n) is 12.5. The topological polar surface area (TPSA) is 67.6 Å². The Morgan fingerprint density at radius 1 is 1.44 bits per heavy atom. The van der Waals surface area contributed by atoms with E-state index < -0.39 is 5.60 Å². The van der Waals surface area contributed by atoms with E-state index in [1.165, 1.54) is 0 Å². The monoisotopic (exact) mass is 259 g/mol. The maximum Gasteiger partial charge on any atom is 0.407 e. The van der Waals surface area contributed by atoms with Crippen molar-refractivity contribution in [3.63, 3.8) is 0 Å². The molecule has 3 N–H and O–H groups in total. The van der Waals surface area contributed by atoms with Crippen molar-refractivity contribution in [2.45, 2.75) is 52.2 Å². The highest BCUT2D eigenvalue weighted by Crippen LogP contribution is 2.06. The summed E-state index contributed by atoms with van der Waals surface area (Å²) in [4.78, 5) is 13.7. The molecule has 5 nitrogen and oxygen atoms in total. The van der Waals surface area contributed by atoms with Gasteiger partial charge in [-0.3, -0.25) is 0 Å². The molecule has 0 heterocycles. The standard InChI is InChI=1S/C13H29N3O2/c1-6-9-16(5)11(10-14)7-8-15-12(17)18-13(2,3)4/h11H,6-10,14H2,1-5H3,(H,15,17). The van der Waals surface area contributed by atoms with Crippen LogP contribution >= 0.6 is 0 Å². The van der Waals surface area contributed by atoms with E-state index in [2.05, 4.69) is 24.2 Å². The molecule has 108 valence electrons. The van der Waals surface area contributed by atoms with Gasteiger partial charge in [-0.25, -0.2) is 4.79 Å². The average molecular weight is 259 g/mol. The quantitative estimate of drug-likeness (QED) is 0.728. The van der Waals surface area contributed by atoms with Gasteiger partial charge in [-0.05, 0) is 47.2 Å². The first-order valence-corrected chi connectivity index (χ1v) is 6.67. The van der Waals surface area contributed by atoms with Crippen LogP contribution in [0.4, 0.5) is 4.79 Å². The number of rotatable bonds is 7. The molecular weight excluding hydrogens is 230 g/mol. The van der Waals surface area contributed by atoms with Crippen LogP contribution in [0.2, 0.25) is 0 Å². The van der Waals surface area contributed by atoms with E-state index in [0.29, 0.717) is 19.1 Å². The first-order valence-electron chi connectivity index (χ1n) is 6.67. The summed E-state index contributed by atoms with van der Waals surface area (Å²) < 4.78 is 5.17. The van der Waals surface area contributed by atoms with Gasteiger partial charge in [-0.15, -0.1) is 0 Å². The Morgan fingerprint density at radius 2 is 2.06 bits per heavy atom. The maximum atomic E-state index is 11.4. The molecule has 0 saturated carbocycles. The number of nitrogens with two attached hydrogens (primary N) is 1. The fourth-order valence-electron chi connectivity index (χ4n) is 1.71. The highest BCUT2D eigenvalue weighted by molar-refractivity contribution is 5.67. The molecule has 0 saturated heterocycles. The van der Waals surface area contributed by atoms with E-state index >= 15 is 0 Å². The van der Waals surface area contributed by atoms with Crippen molar-refractivity contribution >= 4 is 6.09 Å². The van der Waals surface area contributed by atoms with Crippen LogP contribution in [-0.2, 0) is 4.74 Å². The number of alkyl carbamates (subject to hydrolysis) is 1. The van der Waals surface area contributed by atoms with Gasteiger partial charge in [-0.1, -0.05) is 6.92 Å². The number of ether oxygens (including phenoxy) is 1. The zero-order valence-corrected chi connectivity index (χ0v) is 12.5. The van der Waals surface area contributed by atoms with E-state index in [9.17, 15) is 4.79 Å². The number of nitrogens with one attached hydrogen (secondary N) is 1. The van der Waals surface area contributed by atoms with Gasteiger partial charge in [0.25, 0.3) is 0 Å². The second-order valence-electron chi connectivity index (χ2n) is 5.59. The minimum absolute atomic E-state index is 0.305. The summed E-state index contributed by atoms with van der Waals surface area (Å²) in [6.07, 6.45) is 1.58. The third-order valence-electron chi connectivity index (χ3n) is 2.62. The average Bonchev–Trinajstić information content (AvgIpc) is 2.22. The van der Waals surface area contributed by atoms with Gasteiger partial charge in [0.1, 0.15) is 5.60 Å². The third-order valence-corrected chi connectivity index (χ3v) is 2.62. The smallest absolute Gasteiger partial charge is 0.407 e. The minimum Gasteiger partial charge on any atom is -0.444 e. The molecular formula is C13H29N3O2. The molecule has 0 aliphatic heterocycles. The van der Waals surface area contributed by atoms with Crippen molar-refractivity contribution in [3.05, 3.63) is 0 Å².